The second-order valence-electron chi connectivity index (χ2n) is 4.30. The Kier molecular flexibility index (Phi) is 3.12. The maximum atomic E-state index is 10.3. The minimum Gasteiger partial charge on any atom is -0.495 e. The van der Waals surface area contributed by atoms with Crippen LogP contribution in [0.2, 0.25) is 0 Å². The van der Waals surface area contributed by atoms with Crippen LogP contribution in [0.15, 0.2) is 18.3 Å². The van der Waals surface area contributed by atoms with Crippen LogP contribution in [0.4, 0.5) is 0 Å². The van der Waals surface area contributed by atoms with Gasteiger partial charge in [0.25, 0.3) is 0 Å². The predicted molar refractivity (Wildman–Crippen MR) is 59.2 cm³/mol. The minimum atomic E-state index is -1.04. The van der Waals surface area contributed by atoms with Gasteiger partial charge in [-0.05, 0) is 25.0 Å². The van der Waals surface area contributed by atoms with E-state index < -0.39 is 11.7 Å². The van der Waals surface area contributed by atoms with Gasteiger partial charge >= 0.3 is 0 Å². The Hall–Kier alpha value is -1.13. The van der Waals surface area contributed by atoms with E-state index in [0.29, 0.717) is 24.3 Å². The lowest BCUT2D eigenvalue weighted by atomic mass is 9.92. The van der Waals surface area contributed by atoms with Crippen LogP contribution in [0, 0.1) is 0 Å². The molecule has 1 aromatic heterocycles. The lowest BCUT2D eigenvalue weighted by Gasteiger charge is -2.28. The maximum Gasteiger partial charge on any atom is 0.143 e. The van der Waals surface area contributed by atoms with Gasteiger partial charge in [0.15, 0.2) is 0 Å². The van der Waals surface area contributed by atoms with Crippen LogP contribution in [0.3, 0.4) is 0 Å². The Morgan fingerprint density at radius 1 is 1.44 bits per heavy atom. The molecule has 0 amide bonds. The standard InChI is InChI=1S/C12H17NO3/c1-16-9-5-4-8-13-10(9)11(14)12(15)6-2-3-7-12/h4-5,8,11,14-15H,2-3,6-7H2,1H3. The van der Waals surface area contributed by atoms with Crippen LogP contribution in [0.1, 0.15) is 37.5 Å². The first-order valence-electron chi connectivity index (χ1n) is 5.57. The van der Waals surface area contributed by atoms with Crippen LogP contribution in [-0.4, -0.2) is 27.9 Å². The molecule has 88 valence electrons. The van der Waals surface area contributed by atoms with Gasteiger partial charge in [-0.15, -0.1) is 0 Å². The molecule has 1 saturated carbocycles. The normalized spacial score (nSPS) is 20.7. The molecule has 1 aliphatic rings. The zero-order chi connectivity index (χ0) is 11.6. The van der Waals surface area contributed by atoms with Crippen molar-refractivity contribution in [1.82, 2.24) is 4.98 Å². The molecule has 0 aliphatic heterocycles. The fourth-order valence-corrected chi connectivity index (χ4v) is 2.30. The predicted octanol–water partition coefficient (Wildman–Crippen LogP) is 1.43. The molecule has 2 rings (SSSR count). The summed E-state index contributed by atoms with van der Waals surface area (Å²) in [6.07, 6.45) is 3.76. The van der Waals surface area contributed by atoms with Gasteiger partial charge in [-0.25, -0.2) is 0 Å². The molecule has 16 heavy (non-hydrogen) atoms. The molecule has 1 aliphatic carbocycles. The van der Waals surface area contributed by atoms with E-state index in [0.717, 1.165) is 12.8 Å². The molecule has 4 nitrogen and oxygen atoms in total. The van der Waals surface area contributed by atoms with Gasteiger partial charge in [0.05, 0.1) is 12.7 Å². The van der Waals surface area contributed by atoms with E-state index in [1.54, 1.807) is 18.3 Å². The monoisotopic (exact) mass is 223 g/mol. The van der Waals surface area contributed by atoms with E-state index in [1.165, 1.54) is 7.11 Å². The van der Waals surface area contributed by atoms with E-state index >= 15 is 0 Å². The molecule has 0 aromatic carbocycles. The molecule has 1 aromatic rings. The van der Waals surface area contributed by atoms with Gasteiger partial charge in [-0.1, -0.05) is 12.8 Å². The van der Waals surface area contributed by atoms with Gasteiger partial charge in [0.1, 0.15) is 17.5 Å². The van der Waals surface area contributed by atoms with Crippen molar-refractivity contribution in [3.63, 3.8) is 0 Å². The van der Waals surface area contributed by atoms with E-state index in [4.69, 9.17) is 4.74 Å². The SMILES string of the molecule is COc1cccnc1C(O)C1(O)CCCC1. The molecular formula is C12H17NO3. The smallest absolute Gasteiger partial charge is 0.143 e. The van der Waals surface area contributed by atoms with E-state index in [-0.39, 0.29) is 0 Å². The number of nitrogens with zero attached hydrogens (tertiary/aromatic N) is 1. The van der Waals surface area contributed by atoms with Crippen molar-refractivity contribution < 1.29 is 14.9 Å². The van der Waals surface area contributed by atoms with Gasteiger partial charge in [0, 0.05) is 6.20 Å². The Labute approximate surface area is 94.9 Å². The number of aliphatic hydroxyl groups is 2. The zero-order valence-electron chi connectivity index (χ0n) is 9.39. The van der Waals surface area contributed by atoms with Gasteiger partial charge in [-0.3, -0.25) is 4.98 Å². The Morgan fingerprint density at radius 2 is 2.12 bits per heavy atom. The average molecular weight is 223 g/mol. The third kappa shape index (κ3) is 1.90. The highest BCUT2D eigenvalue weighted by Gasteiger charge is 2.41. The molecule has 1 heterocycles. The largest absolute Gasteiger partial charge is 0.495 e. The van der Waals surface area contributed by atoms with Crippen LogP contribution < -0.4 is 4.74 Å². The number of hydrogen-bond donors (Lipinski definition) is 2. The lowest BCUT2D eigenvalue weighted by molar-refractivity contribution is -0.0746. The van der Waals surface area contributed by atoms with E-state index in [9.17, 15) is 10.2 Å². The molecule has 4 heteroatoms. The van der Waals surface area contributed by atoms with Crippen LogP contribution in [0.25, 0.3) is 0 Å². The summed E-state index contributed by atoms with van der Waals surface area (Å²) >= 11 is 0. The van der Waals surface area contributed by atoms with Crippen molar-refractivity contribution in [3.8, 4) is 5.75 Å². The quantitative estimate of drug-likeness (QED) is 0.813. The fourth-order valence-electron chi connectivity index (χ4n) is 2.30. The first kappa shape index (κ1) is 11.4. The van der Waals surface area contributed by atoms with E-state index in [2.05, 4.69) is 4.98 Å². The topological polar surface area (TPSA) is 62.6 Å². The number of pyridine rings is 1. The number of aliphatic hydroxyl groups excluding tert-OH is 1. The second-order valence-corrected chi connectivity index (χ2v) is 4.30. The molecule has 1 unspecified atom stereocenters. The number of rotatable bonds is 3. The Balaban J connectivity index is 2.29. The van der Waals surface area contributed by atoms with Gasteiger partial charge in [-0.2, -0.15) is 0 Å². The molecule has 1 fully saturated rings. The number of aromatic nitrogens is 1. The first-order chi connectivity index (χ1) is 7.67. The van der Waals surface area contributed by atoms with Gasteiger partial charge in [0.2, 0.25) is 0 Å². The molecule has 0 bridgehead atoms. The van der Waals surface area contributed by atoms with Crippen molar-refractivity contribution in [2.45, 2.75) is 37.4 Å². The highest BCUT2D eigenvalue weighted by atomic mass is 16.5. The minimum absolute atomic E-state index is 0.425. The molecule has 0 radical (unpaired) electrons. The Bertz CT molecular complexity index is 361. The van der Waals surface area contributed by atoms with Crippen LogP contribution in [-0.2, 0) is 0 Å². The molecule has 0 saturated heterocycles. The van der Waals surface area contributed by atoms with Crippen molar-refractivity contribution in [2.24, 2.45) is 0 Å². The summed E-state index contributed by atoms with van der Waals surface area (Å²) in [5.74, 6) is 0.523. The summed E-state index contributed by atoms with van der Waals surface area (Å²) in [4.78, 5) is 4.10. The maximum absolute atomic E-state index is 10.3. The first-order valence-corrected chi connectivity index (χ1v) is 5.57. The summed E-state index contributed by atoms with van der Waals surface area (Å²) < 4.78 is 5.14. The number of hydrogen-bond acceptors (Lipinski definition) is 4. The third-order valence-electron chi connectivity index (χ3n) is 3.26. The summed E-state index contributed by atoms with van der Waals surface area (Å²) in [7, 11) is 1.53. The molecule has 1 atom stereocenters. The lowest BCUT2D eigenvalue weighted by Crippen LogP contribution is -2.33. The van der Waals surface area contributed by atoms with Crippen molar-refractivity contribution >= 4 is 0 Å². The highest BCUT2D eigenvalue weighted by Crippen LogP contribution is 2.41. The Morgan fingerprint density at radius 3 is 2.75 bits per heavy atom. The average Bonchev–Trinajstić information content (AvgIpc) is 2.76. The molecule has 2 N–H and O–H groups in total. The summed E-state index contributed by atoms with van der Waals surface area (Å²) in [6, 6.07) is 3.48. The van der Waals surface area contributed by atoms with Crippen molar-refractivity contribution in [2.75, 3.05) is 7.11 Å². The summed E-state index contributed by atoms with van der Waals surface area (Å²) in [5, 5.41) is 20.5. The van der Waals surface area contributed by atoms with Crippen molar-refractivity contribution in [3.05, 3.63) is 24.0 Å². The molecular weight excluding hydrogens is 206 g/mol. The zero-order valence-corrected chi connectivity index (χ0v) is 9.39. The van der Waals surface area contributed by atoms with Crippen molar-refractivity contribution in [1.29, 1.82) is 0 Å². The highest BCUT2D eigenvalue weighted by molar-refractivity contribution is 5.30. The summed E-state index contributed by atoms with van der Waals surface area (Å²) in [6.45, 7) is 0. The van der Waals surface area contributed by atoms with Crippen LogP contribution >= 0.6 is 0 Å². The van der Waals surface area contributed by atoms with Crippen LogP contribution in [0.5, 0.6) is 5.75 Å². The second kappa shape index (κ2) is 4.39. The number of methoxy groups -OCH3 is 1. The molecule has 0 spiro atoms. The van der Waals surface area contributed by atoms with E-state index in [1.807, 2.05) is 0 Å². The third-order valence-corrected chi connectivity index (χ3v) is 3.26. The summed E-state index contributed by atoms with van der Waals surface area (Å²) in [5.41, 5.74) is -0.615. The van der Waals surface area contributed by atoms with Gasteiger partial charge < -0.3 is 14.9 Å². The fraction of sp³-hybridized carbons (Fsp3) is 0.583. The number of ether oxygens (including phenoxy) is 1.